The van der Waals surface area contributed by atoms with Crippen LogP contribution in [0.2, 0.25) is 0 Å². The van der Waals surface area contributed by atoms with Crippen molar-refractivity contribution < 1.29 is 17.6 Å². The zero-order chi connectivity index (χ0) is 20.1. The molecule has 7 nitrogen and oxygen atoms in total. The lowest BCUT2D eigenvalue weighted by Crippen LogP contribution is -2.19. The maximum Gasteiger partial charge on any atom is 0.274 e. The first-order valence-corrected chi connectivity index (χ1v) is 9.92. The lowest BCUT2D eigenvalue weighted by atomic mass is 10.1. The molecule has 0 saturated heterocycles. The van der Waals surface area contributed by atoms with Crippen molar-refractivity contribution in [2.24, 2.45) is 5.10 Å². The molecule has 1 heterocycles. The fourth-order valence-electron chi connectivity index (χ4n) is 2.50. The molecule has 0 unspecified atom stereocenters. The summed E-state index contributed by atoms with van der Waals surface area (Å²) in [5.41, 5.74) is 4.46. The van der Waals surface area contributed by atoms with E-state index in [-0.39, 0.29) is 10.8 Å². The van der Waals surface area contributed by atoms with Gasteiger partial charge in [0.15, 0.2) is 0 Å². The monoisotopic (exact) mass is 397 g/mol. The van der Waals surface area contributed by atoms with Crippen molar-refractivity contribution in [1.82, 2.24) is 5.43 Å². The summed E-state index contributed by atoms with van der Waals surface area (Å²) < 4.78 is 32.6. The number of nitrogens with zero attached hydrogens (tertiary/aromatic N) is 1. The predicted molar refractivity (Wildman–Crippen MR) is 107 cm³/mol. The minimum atomic E-state index is -3.69. The van der Waals surface area contributed by atoms with E-state index >= 15 is 0 Å². The summed E-state index contributed by atoms with van der Waals surface area (Å²) in [4.78, 5) is 12.3. The van der Waals surface area contributed by atoms with Crippen LogP contribution in [0.25, 0.3) is 0 Å². The maximum absolute atomic E-state index is 12.5. The molecule has 8 heteroatoms. The molecule has 1 aromatic heterocycles. The van der Waals surface area contributed by atoms with E-state index in [1.54, 1.807) is 62.4 Å². The van der Waals surface area contributed by atoms with E-state index in [2.05, 4.69) is 15.2 Å². The van der Waals surface area contributed by atoms with Gasteiger partial charge in [0.05, 0.1) is 22.4 Å². The molecule has 0 fully saturated rings. The third kappa shape index (κ3) is 4.47. The standard InChI is InChI=1S/C20H19N3O4S/c1-14(21-22-20(24)19-11-12-27-15(19)2)16-7-6-8-17(13-16)23-28(25,26)18-9-4-3-5-10-18/h3-13,23H,1-2H3,(H,22,24)/b21-14+. The lowest BCUT2D eigenvalue weighted by Gasteiger charge is -2.09. The van der Waals surface area contributed by atoms with E-state index in [4.69, 9.17) is 4.42 Å². The van der Waals surface area contributed by atoms with Crippen LogP contribution in [0, 0.1) is 6.92 Å². The van der Waals surface area contributed by atoms with Gasteiger partial charge in [-0.25, -0.2) is 13.8 Å². The molecule has 0 atom stereocenters. The highest BCUT2D eigenvalue weighted by molar-refractivity contribution is 7.92. The number of nitrogens with one attached hydrogen (secondary N) is 2. The Morgan fingerprint density at radius 1 is 1.04 bits per heavy atom. The second-order valence-electron chi connectivity index (χ2n) is 6.03. The molecular formula is C20H19N3O4S. The van der Waals surface area contributed by atoms with Crippen molar-refractivity contribution in [3.05, 3.63) is 83.8 Å². The first-order valence-electron chi connectivity index (χ1n) is 8.44. The number of furan rings is 1. The third-order valence-electron chi connectivity index (χ3n) is 4.01. The summed E-state index contributed by atoms with van der Waals surface area (Å²) in [5, 5.41) is 4.09. The van der Waals surface area contributed by atoms with Gasteiger partial charge >= 0.3 is 0 Å². The van der Waals surface area contributed by atoms with Crippen molar-refractivity contribution >= 4 is 27.3 Å². The number of hydrazone groups is 1. The number of hydrogen-bond acceptors (Lipinski definition) is 5. The number of sulfonamides is 1. The minimum absolute atomic E-state index is 0.175. The highest BCUT2D eigenvalue weighted by Crippen LogP contribution is 2.17. The number of amides is 1. The zero-order valence-electron chi connectivity index (χ0n) is 15.3. The quantitative estimate of drug-likeness (QED) is 0.491. The molecule has 1 amide bonds. The van der Waals surface area contributed by atoms with Gasteiger partial charge in [-0.3, -0.25) is 9.52 Å². The van der Waals surface area contributed by atoms with E-state index in [9.17, 15) is 13.2 Å². The van der Waals surface area contributed by atoms with E-state index in [1.165, 1.54) is 18.4 Å². The van der Waals surface area contributed by atoms with Gasteiger partial charge in [-0.2, -0.15) is 5.10 Å². The van der Waals surface area contributed by atoms with Crippen molar-refractivity contribution in [3.8, 4) is 0 Å². The molecule has 0 radical (unpaired) electrons. The number of carbonyl (C=O) groups excluding carboxylic acids is 1. The molecule has 2 N–H and O–H groups in total. The van der Waals surface area contributed by atoms with Gasteiger partial charge in [0.1, 0.15) is 5.76 Å². The van der Waals surface area contributed by atoms with Crippen LogP contribution >= 0.6 is 0 Å². The molecule has 0 spiro atoms. The van der Waals surface area contributed by atoms with Gasteiger partial charge in [0.25, 0.3) is 15.9 Å². The van der Waals surface area contributed by atoms with Crippen LogP contribution in [0.4, 0.5) is 5.69 Å². The molecule has 0 bridgehead atoms. The number of aryl methyl sites for hydroxylation is 1. The maximum atomic E-state index is 12.5. The molecule has 0 aliphatic rings. The van der Waals surface area contributed by atoms with Crippen molar-refractivity contribution in [2.45, 2.75) is 18.7 Å². The topological polar surface area (TPSA) is 101 Å². The molecular weight excluding hydrogens is 378 g/mol. The van der Waals surface area contributed by atoms with Crippen LogP contribution in [0.5, 0.6) is 0 Å². The normalized spacial score (nSPS) is 11.9. The Morgan fingerprint density at radius 3 is 2.46 bits per heavy atom. The highest BCUT2D eigenvalue weighted by Gasteiger charge is 2.14. The summed E-state index contributed by atoms with van der Waals surface area (Å²) in [6, 6.07) is 16.4. The number of hydrogen-bond donors (Lipinski definition) is 2. The van der Waals surface area contributed by atoms with Gasteiger partial charge in [0, 0.05) is 5.69 Å². The second-order valence-corrected chi connectivity index (χ2v) is 7.71. The van der Waals surface area contributed by atoms with E-state index < -0.39 is 10.0 Å². The highest BCUT2D eigenvalue weighted by atomic mass is 32.2. The Bertz CT molecular complexity index is 1120. The Hall–Kier alpha value is -3.39. The molecule has 28 heavy (non-hydrogen) atoms. The van der Waals surface area contributed by atoms with Crippen LogP contribution in [0.3, 0.4) is 0 Å². The van der Waals surface area contributed by atoms with Crippen LogP contribution in [-0.2, 0) is 10.0 Å². The SMILES string of the molecule is C/C(=N\NC(=O)c1ccoc1C)c1cccc(NS(=O)(=O)c2ccccc2)c1. The first-order chi connectivity index (χ1) is 13.4. The summed E-state index contributed by atoms with van der Waals surface area (Å²) in [5.74, 6) is 0.120. The Labute approximate surface area is 163 Å². The van der Waals surface area contributed by atoms with Crippen molar-refractivity contribution in [1.29, 1.82) is 0 Å². The van der Waals surface area contributed by atoms with Gasteiger partial charge in [0.2, 0.25) is 0 Å². The molecule has 0 aliphatic heterocycles. The van der Waals surface area contributed by atoms with E-state index in [0.29, 0.717) is 28.3 Å². The van der Waals surface area contributed by atoms with Gasteiger partial charge < -0.3 is 4.42 Å². The number of rotatable bonds is 6. The van der Waals surface area contributed by atoms with Crippen molar-refractivity contribution in [3.63, 3.8) is 0 Å². The summed E-state index contributed by atoms with van der Waals surface area (Å²) in [7, 11) is -3.69. The fourth-order valence-corrected chi connectivity index (χ4v) is 3.57. The average Bonchev–Trinajstić information content (AvgIpc) is 3.12. The summed E-state index contributed by atoms with van der Waals surface area (Å²) in [6.07, 6.45) is 1.43. The Morgan fingerprint density at radius 2 is 1.79 bits per heavy atom. The molecule has 0 aliphatic carbocycles. The van der Waals surface area contributed by atoms with Crippen LogP contribution in [-0.4, -0.2) is 20.0 Å². The molecule has 0 saturated carbocycles. The lowest BCUT2D eigenvalue weighted by molar-refractivity contribution is 0.0953. The van der Waals surface area contributed by atoms with E-state index in [1.807, 2.05) is 0 Å². The van der Waals surface area contributed by atoms with Crippen LogP contribution < -0.4 is 10.1 Å². The van der Waals surface area contributed by atoms with E-state index in [0.717, 1.165) is 0 Å². The second kappa shape index (κ2) is 8.10. The minimum Gasteiger partial charge on any atom is -0.469 e. The summed E-state index contributed by atoms with van der Waals surface area (Å²) >= 11 is 0. The largest absolute Gasteiger partial charge is 0.469 e. The molecule has 3 rings (SSSR count). The molecule has 3 aromatic rings. The van der Waals surface area contributed by atoms with Crippen LogP contribution in [0.1, 0.15) is 28.6 Å². The molecule has 2 aromatic carbocycles. The Kier molecular flexibility index (Phi) is 5.60. The van der Waals surface area contributed by atoms with Gasteiger partial charge in [-0.05, 0) is 49.7 Å². The third-order valence-corrected chi connectivity index (χ3v) is 5.41. The number of benzene rings is 2. The van der Waals surface area contributed by atoms with Gasteiger partial charge in [-0.15, -0.1) is 0 Å². The predicted octanol–water partition coefficient (Wildman–Crippen LogP) is 3.54. The molecule has 144 valence electrons. The number of carbonyl (C=O) groups is 1. The zero-order valence-corrected chi connectivity index (χ0v) is 16.2. The van der Waals surface area contributed by atoms with Crippen molar-refractivity contribution in [2.75, 3.05) is 4.72 Å². The number of anilines is 1. The summed E-state index contributed by atoms with van der Waals surface area (Å²) in [6.45, 7) is 3.40. The first kappa shape index (κ1) is 19.4. The average molecular weight is 397 g/mol. The van der Waals surface area contributed by atoms with Gasteiger partial charge in [-0.1, -0.05) is 30.3 Å². The van der Waals surface area contributed by atoms with Crippen LogP contribution in [0.15, 0.2) is 81.3 Å². The smallest absolute Gasteiger partial charge is 0.274 e. The Balaban J connectivity index is 1.75. The fraction of sp³-hybridized carbons (Fsp3) is 0.100.